The third-order valence-corrected chi connectivity index (χ3v) is 4.75. The highest BCUT2D eigenvalue weighted by Crippen LogP contribution is 2.04. The topological polar surface area (TPSA) is 269 Å². The van der Waals surface area contributed by atoms with Crippen LogP contribution in [0.15, 0.2) is 12.5 Å². The molecule has 1 rings (SSSR count). The summed E-state index contributed by atoms with van der Waals surface area (Å²) in [6.07, 6.45) is 3.33. The van der Waals surface area contributed by atoms with Crippen molar-refractivity contribution in [2.24, 2.45) is 17.2 Å². The quantitative estimate of drug-likeness (QED) is 0.102. The molecule has 12 N–H and O–H groups in total. The molecule has 0 radical (unpaired) electrons. The third kappa shape index (κ3) is 9.93. The van der Waals surface area contributed by atoms with Crippen LogP contribution in [0.5, 0.6) is 0 Å². The minimum absolute atomic E-state index is 0.108. The molecule has 0 spiro atoms. The summed E-state index contributed by atoms with van der Waals surface area (Å²) < 4.78 is 0. The molecule has 4 unspecified atom stereocenters. The van der Waals surface area contributed by atoms with E-state index < -0.39 is 66.8 Å². The first-order chi connectivity index (χ1) is 16.1. The molecule has 0 saturated carbocycles. The molecule has 0 aliphatic carbocycles. The number of nitrogens with one attached hydrogen (secondary N) is 4. The Balaban J connectivity index is 2.84. The van der Waals surface area contributed by atoms with Gasteiger partial charge in [-0.15, -0.1) is 0 Å². The molecule has 0 aromatic carbocycles. The van der Waals surface area contributed by atoms with Gasteiger partial charge in [-0.2, -0.15) is 0 Å². The maximum Gasteiger partial charge on any atom is 0.326 e. The van der Waals surface area contributed by atoms with Crippen LogP contribution in [0.4, 0.5) is 0 Å². The standard InChI is InChI=1S/C19H32N8O7/c20-4-2-1-3-12(25-16(30)11(21)6-15(22)29)17(31)27-14(8-28)18(32)26-13(19(33)34)5-10-7-23-9-24-10/h7,9,11-14,28H,1-6,8,20-21H2,(H2,22,29)(H,23,24)(H,25,30)(H,26,32)(H,27,31)(H,33,34). The van der Waals surface area contributed by atoms with Crippen molar-refractivity contribution in [2.75, 3.05) is 13.2 Å². The number of aliphatic hydroxyl groups excluding tert-OH is 1. The average molecular weight is 485 g/mol. The number of nitrogens with two attached hydrogens (primary N) is 3. The zero-order valence-electron chi connectivity index (χ0n) is 18.5. The highest BCUT2D eigenvalue weighted by Gasteiger charge is 2.30. The van der Waals surface area contributed by atoms with Crippen molar-refractivity contribution in [1.82, 2.24) is 25.9 Å². The summed E-state index contributed by atoms with van der Waals surface area (Å²) in [6, 6.07) is -5.28. The third-order valence-electron chi connectivity index (χ3n) is 4.75. The van der Waals surface area contributed by atoms with Crippen LogP contribution in [0.25, 0.3) is 0 Å². The van der Waals surface area contributed by atoms with E-state index in [1.165, 1.54) is 12.5 Å². The van der Waals surface area contributed by atoms with Crippen LogP contribution in [0, 0.1) is 0 Å². The van der Waals surface area contributed by atoms with Crippen molar-refractivity contribution in [3.63, 3.8) is 0 Å². The van der Waals surface area contributed by atoms with Gasteiger partial charge >= 0.3 is 5.97 Å². The predicted molar refractivity (Wildman–Crippen MR) is 117 cm³/mol. The Kier molecular flexibility index (Phi) is 12.2. The highest BCUT2D eigenvalue weighted by molar-refractivity contribution is 5.95. The van der Waals surface area contributed by atoms with Crippen LogP contribution in [-0.4, -0.2) is 87.1 Å². The molecule has 0 saturated heterocycles. The monoisotopic (exact) mass is 484 g/mol. The summed E-state index contributed by atoms with van der Waals surface area (Å²) >= 11 is 0. The van der Waals surface area contributed by atoms with Crippen LogP contribution >= 0.6 is 0 Å². The van der Waals surface area contributed by atoms with Crippen molar-refractivity contribution in [3.8, 4) is 0 Å². The van der Waals surface area contributed by atoms with E-state index in [-0.39, 0.29) is 12.8 Å². The molecular formula is C19H32N8O7. The number of carbonyl (C=O) groups excluding carboxylic acids is 4. The number of hydrogen-bond acceptors (Lipinski definition) is 9. The van der Waals surface area contributed by atoms with Gasteiger partial charge in [-0.05, 0) is 25.8 Å². The van der Waals surface area contributed by atoms with E-state index in [4.69, 9.17) is 17.2 Å². The molecule has 15 nitrogen and oxygen atoms in total. The van der Waals surface area contributed by atoms with Crippen molar-refractivity contribution >= 4 is 29.6 Å². The van der Waals surface area contributed by atoms with Gasteiger partial charge in [-0.25, -0.2) is 9.78 Å². The van der Waals surface area contributed by atoms with E-state index >= 15 is 0 Å². The highest BCUT2D eigenvalue weighted by atomic mass is 16.4. The number of hydrogen-bond donors (Lipinski definition) is 9. The summed E-state index contributed by atoms with van der Waals surface area (Å²) in [7, 11) is 0. The number of aromatic amines is 1. The van der Waals surface area contributed by atoms with Crippen LogP contribution < -0.4 is 33.2 Å². The Labute approximate surface area is 195 Å². The van der Waals surface area contributed by atoms with E-state index in [0.29, 0.717) is 25.1 Å². The van der Waals surface area contributed by atoms with E-state index in [1.54, 1.807) is 0 Å². The Morgan fingerprint density at radius 2 is 1.62 bits per heavy atom. The summed E-state index contributed by atoms with van der Waals surface area (Å²) in [5.74, 6) is -4.69. The second kappa shape index (κ2) is 14.6. The average Bonchev–Trinajstić information content (AvgIpc) is 3.28. The lowest BCUT2D eigenvalue weighted by Crippen LogP contribution is -2.58. The van der Waals surface area contributed by atoms with Crippen molar-refractivity contribution in [2.45, 2.75) is 56.3 Å². The molecule has 34 heavy (non-hydrogen) atoms. The van der Waals surface area contributed by atoms with Gasteiger partial charge in [0.1, 0.15) is 18.1 Å². The van der Waals surface area contributed by atoms with Gasteiger partial charge in [0.2, 0.25) is 23.6 Å². The first-order valence-corrected chi connectivity index (χ1v) is 10.5. The minimum Gasteiger partial charge on any atom is -0.480 e. The Morgan fingerprint density at radius 3 is 2.15 bits per heavy atom. The lowest BCUT2D eigenvalue weighted by Gasteiger charge is -2.24. The molecule has 4 amide bonds. The van der Waals surface area contributed by atoms with Crippen LogP contribution in [0.1, 0.15) is 31.4 Å². The van der Waals surface area contributed by atoms with Crippen molar-refractivity contribution < 1.29 is 34.2 Å². The largest absolute Gasteiger partial charge is 0.480 e. The Morgan fingerprint density at radius 1 is 1.00 bits per heavy atom. The van der Waals surface area contributed by atoms with Gasteiger partial charge in [-0.1, -0.05) is 0 Å². The number of aromatic nitrogens is 2. The lowest BCUT2D eigenvalue weighted by atomic mass is 10.1. The van der Waals surface area contributed by atoms with Gasteiger partial charge in [0.25, 0.3) is 0 Å². The van der Waals surface area contributed by atoms with E-state index in [9.17, 15) is 34.2 Å². The summed E-state index contributed by atoms with van der Waals surface area (Å²) in [6.45, 7) is -0.489. The van der Waals surface area contributed by atoms with Gasteiger partial charge in [0.05, 0.1) is 25.4 Å². The molecule has 15 heteroatoms. The fourth-order valence-electron chi connectivity index (χ4n) is 2.90. The molecular weight excluding hydrogens is 452 g/mol. The van der Waals surface area contributed by atoms with Gasteiger partial charge in [0.15, 0.2) is 0 Å². The minimum atomic E-state index is -1.50. The number of nitrogens with zero attached hydrogens (tertiary/aromatic N) is 1. The van der Waals surface area contributed by atoms with Crippen LogP contribution in [0.3, 0.4) is 0 Å². The maximum atomic E-state index is 12.8. The molecule has 0 aliphatic heterocycles. The van der Waals surface area contributed by atoms with Gasteiger partial charge in [-0.3, -0.25) is 19.2 Å². The number of unbranched alkanes of at least 4 members (excludes halogenated alkanes) is 1. The number of carbonyl (C=O) groups is 5. The van der Waals surface area contributed by atoms with E-state index in [1.807, 2.05) is 0 Å². The first kappa shape index (κ1) is 28.5. The smallest absolute Gasteiger partial charge is 0.326 e. The first-order valence-electron chi connectivity index (χ1n) is 10.5. The van der Waals surface area contributed by atoms with Crippen molar-refractivity contribution in [1.29, 1.82) is 0 Å². The molecule has 1 heterocycles. The van der Waals surface area contributed by atoms with Crippen molar-refractivity contribution in [3.05, 3.63) is 18.2 Å². The SMILES string of the molecule is NCCCCC(NC(=O)C(N)CC(N)=O)C(=O)NC(CO)C(=O)NC(Cc1cnc[nH]1)C(=O)O. The fourth-order valence-corrected chi connectivity index (χ4v) is 2.90. The predicted octanol–water partition coefficient (Wildman–Crippen LogP) is -4.18. The fraction of sp³-hybridized carbons (Fsp3) is 0.579. The normalized spacial score (nSPS) is 14.3. The Hall–Kier alpha value is -3.56. The number of primary amides is 1. The van der Waals surface area contributed by atoms with Crippen LogP contribution in [0.2, 0.25) is 0 Å². The summed E-state index contributed by atoms with van der Waals surface area (Å²) in [5.41, 5.74) is 16.5. The molecule has 0 bridgehead atoms. The number of carboxylic acid groups (broad SMARTS) is 1. The number of aliphatic carboxylic acids is 1. The number of carboxylic acids is 1. The lowest BCUT2D eigenvalue weighted by molar-refractivity contribution is -0.142. The molecule has 4 atom stereocenters. The zero-order valence-corrected chi connectivity index (χ0v) is 18.5. The zero-order chi connectivity index (χ0) is 25.7. The Bertz CT molecular complexity index is 833. The molecule has 0 aliphatic rings. The van der Waals surface area contributed by atoms with E-state index in [2.05, 4.69) is 25.9 Å². The van der Waals surface area contributed by atoms with E-state index in [0.717, 1.165) is 0 Å². The number of H-pyrrole nitrogens is 1. The second-order valence-electron chi connectivity index (χ2n) is 7.55. The van der Waals surface area contributed by atoms with Gasteiger partial charge < -0.3 is 48.3 Å². The molecule has 190 valence electrons. The van der Waals surface area contributed by atoms with Crippen LogP contribution in [-0.2, 0) is 30.4 Å². The molecule has 1 aromatic rings. The number of rotatable bonds is 16. The molecule has 1 aromatic heterocycles. The number of imidazole rings is 1. The number of amides is 4. The molecule has 0 fully saturated rings. The summed E-state index contributed by atoms with van der Waals surface area (Å²) in [4.78, 5) is 66.5. The second-order valence-corrected chi connectivity index (χ2v) is 7.55. The van der Waals surface area contributed by atoms with Gasteiger partial charge in [0, 0.05) is 18.3 Å². The maximum absolute atomic E-state index is 12.8. The summed E-state index contributed by atoms with van der Waals surface area (Å²) in [5, 5.41) is 25.9. The number of aliphatic hydroxyl groups is 1.